The number of hydrogen-bond donors (Lipinski definition) is 2. The third kappa shape index (κ3) is 2.65. The van der Waals surface area contributed by atoms with Crippen molar-refractivity contribution in [2.24, 2.45) is 5.84 Å². The molecule has 3 N–H and O–H groups in total. The molecule has 0 saturated carbocycles. The molecular formula is C14H14ClF2N3. The van der Waals surface area contributed by atoms with E-state index in [1.165, 1.54) is 6.07 Å². The quantitative estimate of drug-likeness (QED) is 0.520. The molecule has 1 aromatic heterocycles. The summed E-state index contributed by atoms with van der Waals surface area (Å²) < 4.78 is 27.4. The van der Waals surface area contributed by atoms with Crippen LogP contribution in [0.1, 0.15) is 28.4 Å². The summed E-state index contributed by atoms with van der Waals surface area (Å²) in [5.74, 6) is 3.49. The second kappa shape index (κ2) is 5.83. The van der Waals surface area contributed by atoms with E-state index in [4.69, 9.17) is 17.4 Å². The molecule has 1 atom stereocenters. The van der Waals surface area contributed by atoms with Crippen molar-refractivity contribution in [3.8, 4) is 0 Å². The lowest BCUT2D eigenvalue weighted by Gasteiger charge is -2.20. The van der Waals surface area contributed by atoms with E-state index in [-0.39, 0.29) is 10.6 Å². The predicted octanol–water partition coefficient (Wildman–Crippen LogP) is 3.18. The first kappa shape index (κ1) is 14.8. The summed E-state index contributed by atoms with van der Waals surface area (Å²) in [5.41, 5.74) is 4.69. The summed E-state index contributed by atoms with van der Waals surface area (Å²) in [6.07, 6.45) is 1.64. The van der Waals surface area contributed by atoms with Crippen LogP contribution in [0.5, 0.6) is 0 Å². The van der Waals surface area contributed by atoms with E-state index in [1.807, 2.05) is 19.9 Å². The Morgan fingerprint density at radius 1 is 1.30 bits per heavy atom. The molecular weight excluding hydrogens is 284 g/mol. The number of nitrogens with one attached hydrogen (secondary N) is 1. The van der Waals surface area contributed by atoms with Crippen molar-refractivity contribution in [3.05, 3.63) is 63.4 Å². The number of aromatic nitrogens is 1. The van der Waals surface area contributed by atoms with Crippen LogP contribution >= 0.6 is 11.6 Å². The molecule has 0 bridgehead atoms. The zero-order valence-corrected chi connectivity index (χ0v) is 11.8. The number of hydrazine groups is 1. The van der Waals surface area contributed by atoms with E-state index >= 15 is 0 Å². The fourth-order valence-electron chi connectivity index (χ4n) is 2.13. The number of benzene rings is 1. The molecule has 1 unspecified atom stereocenters. The van der Waals surface area contributed by atoms with Gasteiger partial charge in [-0.25, -0.2) is 14.2 Å². The summed E-state index contributed by atoms with van der Waals surface area (Å²) >= 11 is 5.98. The van der Waals surface area contributed by atoms with Gasteiger partial charge in [0.2, 0.25) is 0 Å². The lowest BCUT2D eigenvalue weighted by atomic mass is 9.99. The zero-order chi connectivity index (χ0) is 14.9. The Balaban J connectivity index is 2.61. The first-order chi connectivity index (χ1) is 9.45. The minimum atomic E-state index is -1.03. The molecule has 0 amide bonds. The largest absolute Gasteiger partial charge is 0.271 e. The van der Waals surface area contributed by atoms with Crippen molar-refractivity contribution in [1.29, 1.82) is 0 Å². The Morgan fingerprint density at radius 2 is 2.00 bits per heavy atom. The zero-order valence-electron chi connectivity index (χ0n) is 11.0. The van der Waals surface area contributed by atoms with Crippen LogP contribution in [0.25, 0.3) is 0 Å². The molecule has 0 aliphatic carbocycles. The molecule has 20 heavy (non-hydrogen) atoms. The Morgan fingerprint density at radius 3 is 2.60 bits per heavy atom. The fourth-order valence-corrected chi connectivity index (χ4v) is 2.39. The van der Waals surface area contributed by atoms with Crippen molar-refractivity contribution >= 4 is 11.6 Å². The molecule has 0 radical (unpaired) electrons. The van der Waals surface area contributed by atoms with Gasteiger partial charge in [0.05, 0.1) is 11.7 Å². The molecule has 0 fully saturated rings. The third-order valence-corrected chi connectivity index (χ3v) is 3.39. The average Bonchev–Trinajstić information content (AvgIpc) is 2.40. The van der Waals surface area contributed by atoms with Gasteiger partial charge in [0.15, 0.2) is 11.6 Å². The first-order valence-corrected chi connectivity index (χ1v) is 6.36. The monoisotopic (exact) mass is 297 g/mol. The molecule has 0 saturated heterocycles. The maximum Gasteiger partial charge on any atom is 0.165 e. The first-order valence-electron chi connectivity index (χ1n) is 5.98. The number of pyridine rings is 1. The number of nitrogens with zero attached hydrogens (tertiary/aromatic N) is 1. The number of nitrogens with two attached hydrogens (primary N) is 1. The molecule has 6 heteroatoms. The van der Waals surface area contributed by atoms with Gasteiger partial charge >= 0.3 is 0 Å². The van der Waals surface area contributed by atoms with Gasteiger partial charge in [-0.05, 0) is 37.1 Å². The van der Waals surface area contributed by atoms with Crippen LogP contribution in [-0.4, -0.2) is 4.98 Å². The lowest BCUT2D eigenvalue weighted by Crippen LogP contribution is -2.31. The normalized spacial score (nSPS) is 12.5. The molecule has 106 valence electrons. The van der Waals surface area contributed by atoms with Gasteiger partial charge < -0.3 is 0 Å². The minimum Gasteiger partial charge on any atom is -0.271 e. The molecule has 2 rings (SSSR count). The molecule has 2 aromatic rings. The number of hydrogen-bond acceptors (Lipinski definition) is 3. The summed E-state index contributed by atoms with van der Waals surface area (Å²) in [5, 5.41) is 0.0913. The van der Waals surface area contributed by atoms with Crippen LogP contribution in [0, 0.1) is 25.5 Å². The van der Waals surface area contributed by atoms with Crippen molar-refractivity contribution in [2.75, 3.05) is 0 Å². The average molecular weight is 298 g/mol. The molecule has 3 nitrogen and oxygen atoms in total. The Bertz CT molecular complexity index is 647. The van der Waals surface area contributed by atoms with Crippen LogP contribution in [0.15, 0.2) is 24.4 Å². The van der Waals surface area contributed by atoms with Crippen molar-refractivity contribution in [2.45, 2.75) is 19.9 Å². The summed E-state index contributed by atoms with van der Waals surface area (Å²) in [4.78, 5) is 4.25. The number of aryl methyl sites for hydroxylation is 2. The highest BCUT2D eigenvalue weighted by atomic mass is 35.5. The van der Waals surface area contributed by atoms with Crippen molar-refractivity contribution in [3.63, 3.8) is 0 Å². The van der Waals surface area contributed by atoms with Crippen molar-refractivity contribution in [1.82, 2.24) is 10.4 Å². The third-order valence-electron chi connectivity index (χ3n) is 3.06. The standard InChI is InChI=1S/C14H14ClF2N3/c1-7-5-8(2)13(19-6-7)14(20-18)11-9(15)3-4-10(16)12(11)17/h3-6,14,20H,18H2,1-2H3. The lowest BCUT2D eigenvalue weighted by molar-refractivity contribution is 0.480. The molecule has 0 aliphatic rings. The number of rotatable bonds is 3. The van der Waals surface area contributed by atoms with E-state index in [0.717, 1.165) is 17.2 Å². The molecule has 0 aliphatic heterocycles. The van der Waals surface area contributed by atoms with Crippen LogP contribution in [0.3, 0.4) is 0 Å². The fraction of sp³-hybridized carbons (Fsp3) is 0.214. The van der Waals surface area contributed by atoms with E-state index < -0.39 is 17.7 Å². The maximum absolute atomic E-state index is 14.0. The smallest absolute Gasteiger partial charge is 0.165 e. The SMILES string of the molecule is Cc1cnc(C(NN)c2c(Cl)ccc(F)c2F)c(C)c1. The predicted molar refractivity (Wildman–Crippen MR) is 74.2 cm³/mol. The Kier molecular flexibility index (Phi) is 4.32. The van der Waals surface area contributed by atoms with Crippen LogP contribution in [0.4, 0.5) is 8.78 Å². The van der Waals surface area contributed by atoms with Gasteiger partial charge in [-0.15, -0.1) is 0 Å². The summed E-state index contributed by atoms with van der Waals surface area (Å²) in [6.45, 7) is 3.72. The van der Waals surface area contributed by atoms with Crippen molar-refractivity contribution < 1.29 is 8.78 Å². The van der Waals surface area contributed by atoms with Crippen LogP contribution in [0.2, 0.25) is 5.02 Å². The maximum atomic E-state index is 14.0. The van der Waals surface area contributed by atoms with Crippen LogP contribution in [-0.2, 0) is 0 Å². The highest BCUT2D eigenvalue weighted by molar-refractivity contribution is 6.31. The second-order valence-electron chi connectivity index (χ2n) is 4.57. The van der Waals surface area contributed by atoms with Crippen LogP contribution < -0.4 is 11.3 Å². The summed E-state index contributed by atoms with van der Waals surface area (Å²) in [6, 6.07) is 3.34. The van der Waals surface area contributed by atoms with Gasteiger partial charge in [0.1, 0.15) is 0 Å². The van der Waals surface area contributed by atoms with Gasteiger partial charge in [-0.2, -0.15) is 0 Å². The van der Waals surface area contributed by atoms with Gasteiger partial charge in [0.25, 0.3) is 0 Å². The summed E-state index contributed by atoms with van der Waals surface area (Å²) in [7, 11) is 0. The topological polar surface area (TPSA) is 50.9 Å². The van der Waals surface area contributed by atoms with E-state index in [1.54, 1.807) is 6.20 Å². The Hall–Kier alpha value is -1.56. The van der Waals surface area contributed by atoms with Gasteiger partial charge in [0, 0.05) is 16.8 Å². The van der Waals surface area contributed by atoms with Gasteiger partial charge in [-0.3, -0.25) is 10.8 Å². The minimum absolute atomic E-state index is 0.0476. The van der Waals surface area contributed by atoms with Gasteiger partial charge in [-0.1, -0.05) is 17.7 Å². The van der Waals surface area contributed by atoms with E-state index in [9.17, 15) is 8.78 Å². The van der Waals surface area contributed by atoms with E-state index in [0.29, 0.717) is 5.69 Å². The Labute approximate surface area is 120 Å². The highest BCUT2D eigenvalue weighted by Gasteiger charge is 2.24. The molecule has 1 heterocycles. The number of halogens is 3. The molecule has 1 aromatic carbocycles. The van der Waals surface area contributed by atoms with E-state index in [2.05, 4.69) is 10.4 Å². The second-order valence-corrected chi connectivity index (χ2v) is 4.98. The highest BCUT2D eigenvalue weighted by Crippen LogP contribution is 2.32. The molecule has 0 spiro atoms.